The first-order valence-electron chi connectivity index (χ1n) is 7.73. The summed E-state index contributed by atoms with van der Waals surface area (Å²) in [5.41, 5.74) is 0.550. The van der Waals surface area contributed by atoms with Gasteiger partial charge in [0.25, 0.3) is 5.56 Å². The topological polar surface area (TPSA) is 66.8 Å². The molecule has 0 unspecified atom stereocenters. The van der Waals surface area contributed by atoms with Crippen molar-refractivity contribution in [3.63, 3.8) is 0 Å². The summed E-state index contributed by atoms with van der Waals surface area (Å²) in [7, 11) is 3.91. The highest BCUT2D eigenvalue weighted by Gasteiger charge is 2.16. The van der Waals surface area contributed by atoms with E-state index in [1.807, 2.05) is 7.05 Å². The lowest BCUT2D eigenvalue weighted by atomic mass is 9.89. The Morgan fingerprint density at radius 2 is 2.14 bits per heavy atom. The number of rotatable bonds is 4. The van der Waals surface area contributed by atoms with Crippen molar-refractivity contribution in [3.05, 3.63) is 22.4 Å². The number of fused-ring (bicyclic) bond motifs is 1. The first kappa shape index (κ1) is 14.3. The molecular formula is C15H23N5O. The molecule has 0 atom stereocenters. The summed E-state index contributed by atoms with van der Waals surface area (Å²) in [6.45, 7) is 1.75. The van der Waals surface area contributed by atoms with Crippen LogP contribution in [0.25, 0.3) is 11.0 Å². The van der Waals surface area contributed by atoms with E-state index in [1.165, 1.54) is 32.1 Å². The second-order valence-corrected chi connectivity index (χ2v) is 6.22. The van der Waals surface area contributed by atoms with E-state index < -0.39 is 0 Å². The molecule has 0 aromatic carbocycles. The van der Waals surface area contributed by atoms with E-state index in [0.717, 1.165) is 18.3 Å². The van der Waals surface area contributed by atoms with Crippen LogP contribution in [0.3, 0.4) is 0 Å². The van der Waals surface area contributed by atoms with E-state index in [9.17, 15) is 4.79 Å². The minimum Gasteiger partial charge on any atom is -0.309 e. The lowest BCUT2D eigenvalue weighted by Crippen LogP contribution is -2.28. The smallest absolute Gasteiger partial charge is 0.262 e. The van der Waals surface area contributed by atoms with Crippen molar-refractivity contribution in [2.24, 2.45) is 13.0 Å². The van der Waals surface area contributed by atoms with Gasteiger partial charge in [-0.15, -0.1) is 0 Å². The van der Waals surface area contributed by atoms with Gasteiger partial charge in [-0.1, -0.05) is 19.3 Å². The second-order valence-electron chi connectivity index (χ2n) is 6.22. The zero-order valence-corrected chi connectivity index (χ0v) is 12.8. The summed E-state index contributed by atoms with van der Waals surface area (Å²) in [6.07, 6.45) is 8.32. The molecule has 1 fully saturated rings. The molecule has 1 N–H and O–H groups in total. The van der Waals surface area contributed by atoms with E-state index in [-0.39, 0.29) is 5.56 Å². The number of aromatic nitrogens is 4. The van der Waals surface area contributed by atoms with Crippen molar-refractivity contribution in [3.8, 4) is 0 Å². The minimum atomic E-state index is -0.103. The van der Waals surface area contributed by atoms with Gasteiger partial charge in [-0.3, -0.25) is 14.4 Å². The number of nitrogens with one attached hydrogen (secondary N) is 1. The van der Waals surface area contributed by atoms with Gasteiger partial charge in [-0.2, -0.15) is 5.10 Å². The molecule has 2 aromatic rings. The fourth-order valence-corrected chi connectivity index (χ4v) is 3.28. The Balaban J connectivity index is 1.71. The number of H-pyrrole nitrogens is 1. The number of aryl methyl sites for hydroxylation is 1. The monoisotopic (exact) mass is 289 g/mol. The predicted molar refractivity (Wildman–Crippen MR) is 82.0 cm³/mol. The van der Waals surface area contributed by atoms with Crippen LogP contribution in [-0.2, 0) is 13.6 Å². The number of hydrogen-bond donors (Lipinski definition) is 1. The maximum atomic E-state index is 12.0. The van der Waals surface area contributed by atoms with Crippen LogP contribution in [0.5, 0.6) is 0 Å². The van der Waals surface area contributed by atoms with Gasteiger partial charge < -0.3 is 4.98 Å². The average Bonchev–Trinajstić information content (AvgIpc) is 2.82. The van der Waals surface area contributed by atoms with Gasteiger partial charge >= 0.3 is 0 Å². The van der Waals surface area contributed by atoms with E-state index in [2.05, 4.69) is 27.0 Å². The molecule has 0 bridgehead atoms. The molecule has 2 heterocycles. The Labute approximate surface area is 124 Å². The van der Waals surface area contributed by atoms with E-state index in [1.54, 1.807) is 10.9 Å². The first-order chi connectivity index (χ1) is 10.1. The fraction of sp³-hybridized carbons (Fsp3) is 0.667. The third-order valence-electron chi connectivity index (χ3n) is 4.37. The molecule has 6 nitrogen and oxygen atoms in total. The van der Waals surface area contributed by atoms with Crippen LogP contribution in [0, 0.1) is 5.92 Å². The summed E-state index contributed by atoms with van der Waals surface area (Å²) < 4.78 is 1.65. The van der Waals surface area contributed by atoms with Gasteiger partial charge in [-0.05, 0) is 25.8 Å². The predicted octanol–water partition coefficient (Wildman–Crippen LogP) is 1.67. The number of hydrogen-bond acceptors (Lipinski definition) is 4. The highest BCUT2D eigenvalue weighted by molar-refractivity contribution is 5.72. The lowest BCUT2D eigenvalue weighted by Gasteiger charge is -2.26. The normalized spacial score (nSPS) is 16.9. The highest BCUT2D eigenvalue weighted by atomic mass is 16.1. The lowest BCUT2D eigenvalue weighted by molar-refractivity contribution is 0.224. The number of aromatic amines is 1. The molecule has 6 heteroatoms. The maximum absolute atomic E-state index is 12.0. The van der Waals surface area contributed by atoms with Crippen molar-refractivity contribution in [1.29, 1.82) is 0 Å². The van der Waals surface area contributed by atoms with Gasteiger partial charge in [0.05, 0.1) is 12.7 Å². The van der Waals surface area contributed by atoms with Crippen molar-refractivity contribution in [2.75, 3.05) is 13.6 Å². The molecule has 1 aliphatic rings. The Morgan fingerprint density at radius 3 is 2.90 bits per heavy atom. The average molecular weight is 289 g/mol. The first-order valence-corrected chi connectivity index (χ1v) is 7.73. The highest BCUT2D eigenvalue weighted by Crippen LogP contribution is 2.24. The van der Waals surface area contributed by atoms with Crippen molar-refractivity contribution in [2.45, 2.75) is 38.6 Å². The third kappa shape index (κ3) is 3.15. The van der Waals surface area contributed by atoms with Crippen LogP contribution in [0.4, 0.5) is 0 Å². The molecule has 0 spiro atoms. The molecule has 2 aromatic heterocycles. The standard InChI is InChI=1S/C15H23N5O/c1-19(9-11-6-4-3-5-7-11)10-13-17-14-12(15(21)18-13)8-16-20(14)2/h8,11H,3-7,9-10H2,1-2H3,(H,17,18,21). The summed E-state index contributed by atoms with van der Waals surface area (Å²) in [5, 5.41) is 4.64. The van der Waals surface area contributed by atoms with E-state index in [4.69, 9.17) is 0 Å². The molecule has 1 saturated carbocycles. The molecule has 0 aliphatic heterocycles. The molecule has 3 rings (SSSR count). The number of nitrogens with zero attached hydrogens (tertiary/aromatic N) is 4. The summed E-state index contributed by atoms with van der Waals surface area (Å²) >= 11 is 0. The van der Waals surface area contributed by atoms with Crippen LogP contribution in [0.1, 0.15) is 37.9 Å². The van der Waals surface area contributed by atoms with Crippen LogP contribution < -0.4 is 5.56 Å². The second kappa shape index (κ2) is 5.97. The van der Waals surface area contributed by atoms with Gasteiger partial charge in [0.1, 0.15) is 11.2 Å². The van der Waals surface area contributed by atoms with E-state index >= 15 is 0 Å². The Bertz CT molecular complexity index is 668. The van der Waals surface area contributed by atoms with E-state index in [0.29, 0.717) is 17.6 Å². The van der Waals surface area contributed by atoms with Gasteiger partial charge in [0, 0.05) is 13.6 Å². The SMILES string of the molecule is CN(Cc1nc2c(cnn2C)c(=O)[nH]1)CC1CCCCC1. The quantitative estimate of drug-likeness (QED) is 0.929. The van der Waals surface area contributed by atoms with Crippen molar-refractivity contribution in [1.82, 2.24) is 24.6 Å². The minimum absolute atomic E-state index is 0.103. The molecule has 21 heavy (non-hydrogen) atoms. The summed E-state index contributed by atoms with van der Waals surface area (Å²) in [6, 6.07) is 0. The zero-order chi connectivity index (χ0) is 14.8. The molecule has 0 amide bonds. The fourth-order valence-electron chi connectivity index (χ4n) is 3.28. The van der Waals surface area contributed by atoms with Gasteiger partial charge in [-0.25, -0.2) is 4.98 Å². The van der Waals surface area contributed by atoms with Gasteiger partial charge in [0.2, 0.25) is 0 Å². The third-order valence-corrected chi connectivity index (χ3v) is 4.37. The molecule has 114 valence electrons. The Morgan fingerprint density at radius 1 is 1.38 bits per heavy atom. The Kier molecular flexibility index (Phi) is 4.05. The van der Waals surface area contributed by atoms with Crippen LogP contribution >= 0.6 is 0 Å². The molecule has 0 radical (unpaired) electrons. The van der Waals surface area contributed by atoms with Crippen LogP contribution in [0.2, 0.25) is 0 Å². The summed E-state index contributed by atoms with van der Waals surface area (Å²) in [5.74, 6) is 1.50. The molecule has 0 saturated heterocycles. The van der Waals surface area contributed by atoms with Crippen LogP contribution in [-0.4, -0.2) is 38.2 Å². The van der Waals surface area contributed by atoms with Crippen LogP contribution in [0.15, 0.2) is 11.0 Å². The zero-order valence-electron chi connectivity index (χ0n) is 12.8. The largest absolute Gasteiger partial charge is 0.309 e. The molecule has 1 aliphatic carbocycles. The van der Waals surface area contributed by atoms with Gasteiger partial charge in [0.15, 0.2) is 5.65 Å². The summed E-state index contributed by atoms with van der Waals surface area (Å²) in [4.78, 5) is 21.7. The molecular weight excluding hydrogens is 266 g/mol. The van der Waals surface area contributed by atoms with Crippen molar-refractivity contribution < 1.29 is 0 Å². The maximum Gasteiger partial charge on any atom is 0.262 e. The Hall–Kier alpha value is -1.69. The van der Waals surface area contributed by atoms with Crippen molar-refractivity contribution >= 4 is 11.0 Å².